The Morgan fingerprint density at radius 1 is 1.14 bits per heavy atom. The molecule has 116 valence electrons. The first-order chi connectivity index (χ1) is 10.2. The SMILES string of the molecule is COc1ccccc1OCCC(C)(CNC1CC1)C1CC1. The van der Waals surface area contributed by atoms with Gasteiger partial charge in [0, 0.05) is 12.6 Å². The predicted molar refractivity (Wildman–Crippen MR) is 85.0 cm³/mol. The van der Waals surface area contributed by atoms with Crippen molar-refractivity contribution in [3.8, 4) is 11.5 Å². The highest BCUT2D eigenvalue weighted by Crippen LogP contribution is 2.47. The van der Waals surface area contributed by atoms with Crippen molar-refractivity contribution in [2.24, 2.45) is 11.3 Å². The lowest BCUT2D eigenvalue weighted by Crippen LogP contribution is -2.36. The second-order valence-corrected chi connectivity index (χ2v) is 6.83. The third-order valence-corrected chi connectivity index (χ3v) is 4.93. The van der Waals surface area contributed by atoms with Crippen LogP contribution in [0.15, 0.2) is 24.3 Å². The summed E-state index contributed by atoms with van der Waals surface area (Å²) in [6.07, 6.45) is 6.60. The highest BCUT2D eigenvalue weighted by molar-refractivity contribution is 5.39. The van der Waals surface area contributed by atoms with E-state index >= 15 is 0 Å². The summed E-state index contributed by atoms with van der Waals surface area (Å²) in [5, 5.41) is 3.71. The van der Waals surface area contributed by atoms with E-state index in [4.69, 9.17) is 9.47 Å². The Morgan fingerprint density at radius 3 is 2.48 bits per heavy atom. The van der Waals surface area contributed by atoms with Crippen LogP contribution in [0.1, 0.15) is 39.0 Å². The molecule has 0 amide bonds. The van der Waals surface area contributed by atoms with Gasteiger partial charge in [0.1, 0.15) is 0 Å². The van der Waals surface area contributed by atoms with Crippen molar-refractivity contribution in [1.82, 2.24) is 5.32 Å². The summed E-state index contributed by atoms with van der Waals surface area (Å²) in [6.45, 7) is 4.32. The van der Waals surface area contributed by atoms with Crippen LogP contribution in [-0.2, 0) is 0 Å². The highest BCUT2D eigenvalue weighted by atomic mass is 16.5. The van der Waals surface area contributed by atoms with Gasteiger partial charge in [-0.2, -0.15) is 0 Å². The van der Waals surface area contributed by atoms with Gasteiger partial charge in [0.2, 0.25) is 0 Å². The van der Waals surface area contributed by atoms with Gasteiger partial charge in [-0.15, -0.1) is 0 Å². The molecule has 1 N–H and O–H groups in total. The van der Waals surface area contributed by atoms with Crippen LogP contribution in [0.25, 0.3) is 0 Å². The number of rotatable bonds is 9. The maximum absolute atomic E-state index is 5.97. The molecule has 0 heterocycles. The number of benzene rings is 1. The molecule has 1 unspecified atom stereocenters. The van der Waals surface area contributed by atoms with Crippen molar-refractivity contribution in [1.29, 1.82) is 0 Å². The van der Waals surface area contributed by atoms with E-state index in [0.717, 1.165) is 43.0 Å². The third kappa shape index (κ3) is 3.91. The van der Waals surface area contributed by atoms with Crippen LogP contribution in [0.4, 0.5) is 0 Å². The number of hydrogen-bond donors (Lipinski definition) is 1. The molecule has 0 bridgehead atoms. The Balaban J connectivity index is 1.51. The zero-order valence-corrected chi connectivity index (χ0v) is 13.2. The van der Waals surface area contributed by atoms with Crippen molar-refractivity contribution < 1.29 is 9.47 Å². The average molecular weight is 289 g/mol. The van der Waals surface area contributed by atoms with Gasteiger partial charge in [0.15, 0.2) is 11.5 Å². The van der Waals surface area contributed by atoms with Gasteiger partial charge >= 0.3 is 0 Å². The summed E-state index contributed by atoms with van der Waals surface area (Å²) in [5.41, 5.74) is 0.380. The largest absolute Gasteiger partial charge is 0.493 e. The van der Waals surface area contributed by atoms with Gasteiger partial charge in [-0.05, 0) is 55.6 Å². The molecule has 1 aromatic carbocycles. The summed E-state index contributed by atoms with van der Waals surface area (Å²) in [6, 6.07) is 8.68. The summed E-state index contributed by atoms with van der Waals surface area (Å²) in [4.78, 5) is 0. The van der Waals surface area contributed by atoms with E-state index in [1.54, 1.807) is 7.11 Å². The Bertz CT molecular complexity index is 468. The van der Waals surface area contributed by atoms with Crippen LogP contribution in [0.3, 0.4) is 0 Å². The molecule has 1 atom stereocenters. The summed E-state index contributed by atoms with van der Waals surface area (Å²) >= 11 is 0. The number of methoxy groups -OCH3 is 1. The molecule has 0 aliphatic heterocycles. The van der Waals surface area contributed by atoms with Gasteiger partial charge in [0.05, 0.1) is 13.7 Å². The van der Waals surface area contributed by atoms with Crippen molar-refractivity contribution in [2.75, 3.05) is 20.3 Å². The first-order valence-electron chi connectivity index (χ1n) is 8.20. The van der Waals surface area contributed by atoms with E-state index in [0.29, 0.717) is 5.41 Å². The van der Waals surface area contributed by atoms with Crippen molar-refractivity contribution in [3.63, 3.8) is 0 Å². The van der Waals surface area contributed by atoms with Crippen LogP contribution in [0, 0.1) is 11.3 Å². The minimum Gasteiger partial charge on any atom is -0.493 e. The molecular formula is C18H27NO2. The van der Waals surface area contributed by atoms with E-state index in [1.807, 2.05) is 24.3 Å². The van der Waals surface area contributed by atoms with E-state index in [9.17, 15) is 0 Å². The molecule has 3 rings (SSSR count). The average Bonchev–Trinajstić information content (AvgIpc) is 3.39. The maximum atomic E-state index is 5.97. The lowest BCUT2D eigenvalue weighted by Gasteiger charge is -2.30. The van der Waals surface area contributed by atoms with Crippen molar-refractivity contribution >= 4 is 0 Å². The number of nitrogens with one attached hydrogen (secondary N) is 1. The van der Waals surface area contributed by atoms with Crippen LogP contribution in [0.5, 0.6) is 11.5 Å². The fourth-order valence-electron chi connectivity index (χ4n) is 3.01. The fraction of sp³-hybridized carbons (Fsp3) is 0.667. The first kappa shape index (κ1) is 14.7. The number of ether oxygens (including phenoxy) is 2. The van der Waals surface area contributed by atoms with Crippen LogP contribution in [0.2, 0.25) is 0 Å². The van der Waals surface area contributed by atoms with E-state index < -0.39 is 0 Å². The minimum atomic E-state index is 0.380. The molecule has 0 spiro atoms. The van der Waals surface area contributed by atoms with Gasteiger partial charge in [-0.3, -0.25) is 0 Å². The second-order valence-electron chi connectivity index (χ2n) is 6.83. The molecule has 0 aromatic heterocycles. The molecule has 2 aliphatic rings. The topological polar surface area (TPSA) is 30.5 Å². The molecule has 0 radical (unpaired) electrons. The molecule has 3 heteroatoms. The smallest absolute Gasteiger partial charge is 0.161 e. The molecule has 2 fully saturated rings. The highest BCUT2D eigenvalue weighted by Gasteiger charge is 2.41. The fourth-order valence-corrected chi connectivity index (χ4v) is 3.01. The molecule has 0 saturated heterocycles. The molecule has 3 nitrogen and oxygen atoms in total. The van der Waals surface area contributed by atoms with Gasteiger partial charge in [-0.1, -0.05) is 19.1 Å². The predicted octanol–water partition coefficient (Wildman–Crippen LogP) is 3.63. The van der Waals surface area contributed by atoms with Gasteiger partial charge < -0.3 is 14.8 Å². The van der Waals surface area contributed by atoms with Crippen LogP contribution >= 0.6 is 0 Å². The Morgan fingerprint density at radius 2 is 1.86 bits per heavy atom. The Kier molecular flexibility index (Phi) is 4.39. The third-order valence-electron chi connectivity index (χ3n) is 4.93. The summed E-state index contributed by atoms with van der Waals surface area (Å²) in [5.74, 6) is 2.56. The lowest BCUT2D eigenvalue weighted by molar-refractivity contribution is 0.176. The van der Waals surface area contributed by atoms with Crippen molar-refractivity contribution in [3.05, 3.63) is 24.3 Å². The second kappa shape index (κ2) is 6.27. The number of para-hydroxylation sites is 2. The molecule has 21 heavy (non-hydrogen) atoms. The molecule has 1 aromatic rings. The molecule has 2 saturated carbocycles. The molecular weight excluding hydrogens is 262 g/mol. The van der Waals surface area contributed by atoms with Gasteiger partial charge in [0.25, 0.3) is 0 Å². The van der Waals surface area contributed by atoms with E-state index in [1.165, 1.54) is 25.7 Å². The zero-order chi connectivity index (χ0) is 14.7. The van der Waals surface area contributed by atoms with Crippen LogP contribution in [-0.4, -0.2) is 26.3 Å². The summed E-state index contributed by atoms with van der Waals surface area (Å²) in [7, 11) is 1.69. The summed E-state index contributed by atoms with van der Waals surface area (Å²) < 4.78 is 11.3. The first-order valence-corrected chi connectivity index (χ1v) is 8.20. The maximum Gasteiger partial charge on any atom is 0.161 e. The Labute approximate surface area is 128 Å². The normalized spacial score (nSPS) is 20.9. The van der Waals surface area contributed by atoms with E-state index in [-0.39, 0.29) is 0 Å². The molecule has 2 aliphatic carbocycles. The quantitative estimate of drug-likeness (QED) is 0.753. The van der Waals surface area contributed by atoms with E-state index in [2.05, 4.69) is 12.2 Å². The Hall–Kier alpha value is -1.22. The zero-order valence-electron chi connectivity index (χ0n) is 13.2. The van der Waals surface area contributed by atoms with Gasteiger partial charge in [-0.25, -0.2) is 0 Å². The van der Waals surface area contributed by atoms with Crippen molar-refractivity contribution in [2.45, 2.75) is 45.1 Å². The minimum absolute atomic E-state index is 0.380. The lowest BCUT2D eigenvalue weighted by atomic mass is 9.81. The number of hydrogen-bond acceptors (Lipinski definition) is 3. The monoisotopic (exact) mass is 289 g/mol. The standard InChI is InChI=1S/C18H27NO2/c1-18(14-7-8-14,13-19-15-9-10-15)11-12-21-17-6-4-3-5-16(17)20-2/h3-6,14-15,19H,7-13H2,1-2H3. The van der Waals surface area contributed by atoms with Crippen LogP contribution < -0.4 is 14.8 Å².